The maximum atomic E-state index is 4.95. The van der Waals surface area contributed by atoms with E-state index < -0.39 is 0 Å². The highest BCUT2D eigenvalue weighted by molar-refractivity contribution is 4.53. The van der Waals surface area contributed by atoms with Crippen LogP contribution in [0.15, 0.2) is 12.8 Å². The Bertz CT molecular complexity index is 50.1. The standard InChI is InChI=1S/C6H12O/c1-4-6(3)7-5-2/h5-6H,2,4H2,1,3H3. The number of hydrogen-bond acceptors (Lipinski definition) is 1. The molecular weight excluding hydrogens is 88.1 g/mol. The van der Waals surface area contributed by atoms with E-state index in [0.717, 1.165) is 6.42 Å². The molecule has 0 aliphatic carbocycles. The van der Waals surface area contributed by atoms with E-state index in [-0.39, 0.29) is 0 Å². The molecular formula is C6H12O. The zero-order chi connectivity index (χ0) is 5.70. The molecule has 0 N–H and O–H groups in total. The molecule has 0 amide bonds. The minimum absolute atomic E-state index is 0.331. The van der Waals surface area contributed by atoms with Gasteiger partial charge in [0.25, 0.3) is 0 Å². The van der Waals surface area contributed by atoms with E-state index in [9.17, 15) is 0 Å². The lowest BCUT2D eigenvalue weighted by molar-refractivity contribution is 0.159. The second kappa shape index (κ2) is 3.72. The first-order valence-electron chi connectivity index (χ1n) is 2.57. The fourth-order valence-electron chi connectivity index (χ4n) is 0.260. The maximum absolute atomic E-state index is 4.95. The van der Waals surface area contributed by atoms with Crippen LogP contribution in [0.5, 0.6) is 0 Å². The molecule has 1 atom stereocenters. The Morgan fingerprint density at radius 1 is 1.86 bits per heavy atom. The van der Waals surface area contributed by atoms with Crippen molar-refractivity contribution in [3.63, 3.8) is 0 Å². The van der Waals surface area contributed by atoms with E-state index in [1.54, 1.807) is 0 Å². The Labute approximate surface area is 45.0 Å². The van der Waals surface area contributed by atoms with Crippen LogP contribution in [0, 0.1) is 0 Å². The molecule has 1 heteroatoms. The summed E-state index contributed by atoms with van der Waals surface area (Å²) in [5.74, 6) is 0. The Morgan fingerprint density at radius 2 is 2.43 bits per heavy atom. The summed E-state index contributed by atoms with van der Waals surface area (Å²) in [4.78, 5) is 0. The van der Waals surface area contributed by atoms with Crippen LogP contribution in [0.1, 0.15) is 20.3 Å². The smallest absolute Gasteiger partial charge is 0.0947 e. The van der Waals surface area contributed by atoms with Crippen molar-refractivity contribution in [2.75, 3.05) is 0 Å². The third-order valence-corrected chi connectivity index (χ3v) is 0.903. The van der Waals surface area contributed by atoms with Crippen LogP contribution < -0.4 is 0 Å². The molecule has 0 radical (unpaired) electrons. The van der Waals surface area contributed by atoms with Crippen LogP contribution in [0.3, 0.4) is 0 Å². The molecule has 42 valence electrons. The van der Waals surface area contributed by atoms with Crippen molar-refractivity contribution in [2.45, 2.75) is 26.4 Å². The van der Waals surface area contributed by atoms with Gasteiger partial charge in [-0.25, -0.2) is 0 Å². The highest BCUT2D eigenvalue weighted by atomic mass is 16.5. The van der Waals surface area contributed by atoms with E-state index in [2.05, 4.69) is 13.5 Å². The largest absolute Gasteiger partial charge is 0.499 e. The lowest BCUT2D eigenvalue weighted by atomic mass is 10.3. The Hall–Kier alpha value is -0.460. The van der Waals surface area contributed by atoms with Crippen LogP contribution in [0.25, 0.3) is 0 Å². The van der Waals surface area contributed by atoms with Gasteiger partial charge in [-0.1, -0.05) is 13.5 Å². The molecule has 0 fully saturated rings. The van der Waals surface area contributed by atoms with Gasteiger partial charge in [0.05, 0.1) is 12.4 Å². The zero-order valence-electron chi connectivity index (χ0n) is 4.98. The van der Waals surface area contributed by atoms with Gasteiger partial charge in [0, 0.05) is 0 Å². The lowest BCUT2D eigenvalue weighted by Gasteiger charge is -2.04. The number of rotatable bonds is 3. The predicted octanol–water partition coefficient (Wildman–Crippen LogP) is 1.95. The van der Waals surface area contributed by atoms with E-state index in [1.807, 2.05) is 6.92 Å². The topological polar surface area (TPSA) is 9.23 Å². The summed E-state index contributed by atoms with van der Waals surface area (Å²) in [7, 11) is 0. The fourth-order valence-corrected chi connectivity index (χ4v) is 0.260. The second-order valence-corrected chi connectivity index (χ2v) is 1.52. The molecule has 0 bridgehead atoms. The van der Waals surface area contributed by atoms with Gasteiger partial charge in [0.1, 0.15) is 0 Å². The van der Waals surface area contributed by atoms with Crippen molar-refractivity contribution >= 4 is 0 Å². The van der Waals surface area contributed by atoms with Gasteiger partial charge < -0.3 is 4.74 Å². The molecule has 0 aliphatic rings. The quantitative estimate of drug-likeness (QED) is 0.492. The molecule has 7 heavy (non-hydrogen) atoms. The van der Waals surface area contributed by atoms with Gasteiger partial charge in [0.15, 0.2) is 0 Å². The summed E-state index contributed by atoms with van der Waals surface area (Å²) in [6.07, 6.45) is 2.86. The van der Waals surface area contributed by atoms with Crippen molar-refractivity contribution in [3.05, 3.63) is 12.8 Å². The summed E-state index contributed by atoms with van der Waals surface area (Å²) in [6, 6.07) is 0. The zero-order valence-corrected chi connectivity index (χ0v) is 4.98. The molecule has 0 aliphatic heterocycles. The lowest BCUT2D eigenvalue weighted by Crippen LogP contribution is -1.99. The first-order chi connectivity index (χ1) is 3.31. The first-order valence-corrected chi connectivity index (χ1v) is 2.57. The molecule has 0 aromatic carbocycles. The molecule has 0 rings (SSSR count). The molecule has 1 unspecified atom stereocenters. The summed E-state index contributed by atoms with van der Waals surface area (Å²) in [5.41, 5.74) is 0. The molecule has 0 heterocycles. The van der Waals surface area contributed by atoms with Gasteiger partial charge in [-0.3, -0.25) is 0 Å². The minimum Gasteiger partial charge on any atom is -0.499 e. The molecule has 0 spiro atoms. The van der Waals surface area contributed by atoms with Crippen molar-refractivity contribution in [1.29, 1.82) is 0 Å². The summed E-state index contributed by atoms with van der Waals surface area (Å²) < 4.78 is 4.95. The van der Waals surface area contributed by atoms with E-state index in [1.165, 1.54) is 6.26 Å². The highest BCUT2D eigenvalue weighted by Crippen LogP contribution is 1.93. The van der Waals surface area contributed by atoms with E-state index >= 15 is 0 Å². The van der Waals surface area contributed by atoms with Gasteiger partial charge in [-0.15, -0.1) is 0 Å². The summed E-state index contributed by atoms with van der Waals surface area (Å²) in [5, 5.41) is 0. The first kappa shape index (κ1) is 6.54. The van der Waals surface area contributed by atoms with Gasteiger partial charge >= 0.3 is 0 Å². The van der Waals surface area contributed by atoms with Gasteiger partial charge in [-0.05, 0) is 13.3 Å². The van der Waals surface area contributed by atoms with Crippen LogP contribution in [0.4, 0.5) is 0 Å². The Morgan fingerprint density at radius 3 is 2.57 bits per heavy atom. The van der Waals surface area contributed by atoms with Gasteiger partial charge in [0.2, 0.25) is 0 Å². The van der Waals surface area contributed by atoms with Crippen LogP contribution in [-0.2, 0) is 4.74 Å². The second-order valence-electron chi connectivity index (χ2n) is 1.52. The average molecular weight is 100 g/mol. The highest BCUT2D eigenvalue weighted by Gasteiger charge is 1.90. The van der Waals surface area contributed by atoms with Crippen LogP contribution >= 0.6 is 0 Å². The molecule has 0 aromatic rings. The minimum atomic E-state index is 0.331. The van der Waals surface area contributed by atoms with Crippen molar-refractivity contribution in [2.24, 2.45) is 0 Å². The fraction of sp³-hybridized carbons (Fsp3) is 0.667. The van der Waals surface area contributed by atoms with Gasteiger partial charge in [-0.2, -0.15) is 0 Å². The van der Waals surface area contributed by atoms with Crippen molar-refractivity contribution in [1.82, 2.24) is 0 Å². The van der Waals surface area contributed by atoms with Crippen molar-refractivity contribution < 1.29 is 4.74 Å². The summed E-state index contributed by atoms with van der Waals surface area (Å²) in [6.45, 7) is 7.52. The van der Waals surface area contributed by atoms with Crippen LogP contribution in [-0.4, -0.2) is 6.10 Å². The Kier molecular flexibility index (Phi) is 3.48. The van der Waals surface area contributed by atoms with Crippen LogP contribution in [0.2, 0.25) is 0 Å². The third-order valence-electron chi connectivity index (χ3n) is 0.903. The molecule has 0 aromatic heterocycles. The maximum Gasteiger partial charge on any atom is 0.0947 e. The molecule has 0 saturated carbocycles. The normalized spacial score (nSPS) is 12.9. The molecule has 1 nitrogen and oxygen atoms in total. The SMILES string of the molecule is C=COC(C)CC. The predicted molar refractivity (Wildman–Crippen MR) is 31.0 cm³/mol. The number of ether oxygens (including phenoxy) is 1. The third kappa shape index (κ3) is 3.37. The monoisotopic (exact) mass is 100 g/mol. The molecule has 0 saturated heterocycles. The van der Waals surface area contributed by atoms with Crippen molar-refractivity contribution in [3.8, 4) is 0 Å². The van der Waals surface area contributed by atoms with E-state index in [0.29, 0.717) is 6.10 Å². The van der Waals surface area contributed by atoms with E-state index in [4.69, 9.17) is 4.74 Å². The number of hydrogen-bond donors (Lipinski definition) is 0. The Balaban J connectivity index is 2.98. The summed E-state index contributed by atoms with van der Waals surface area (Å²) >= 11 is 0. The average Bonchev–Trinajstić information content (AvgIpc) is 1.68.